The summed E-state index contributed by atoms with van der Waals surface area (Å²) in [5, 5.41) is 10.4. The second-order valence-electron chi connectivity index (χ2n) is 10.8. The van der Waals surface area contributed by atoms with Gasteiger partial charge in [-0.2, -0.15) is 5.26 Å². The van der Waals surface area contributed by atoms with Crippen molar-refractivity contribution < 1.29 is 9.53 Å². The zero-order chi connectivity index (χ0) is 30.2. The van der Waals surface area contributed by atoms with E-state index in [1.807, 2.05) is 43.1 Å². The van der Waals surface area contributed by atoms with Gasteiger partial charge in [0, 0.05) is 31.8 Å². The molecule has 1 aromatic heterocycles. The predicted molar refractivity (Wildman–Crippen MR) is 174 cm³/mol. The quantitative estimate of drug-likeness (QED) is 0.311. The highest BCUT2D eigenvalue weighted by atomic mass is 32.1. The zero-order valence-electron chi connectivity index (χ0n) is 26.3. The third-order valence-electron chi connectivity index (χ3n) is 6.43. The lowest BCUT2D eigenvalue weighted by Gasteiger charge is -2.24. The Balaban J connectivity index is 0.000000325. The predicted octanol–water partition coefficient (Wildman–Crippen LogP) is 9.48. The topological polar surface area (TPSA) is 66.2 Å². The number of amides is 1. The summed E-state index contributed by atoms with van der Waals surface area (Å²) >= 11 is 1.68. The van der Waals surface area contributed by atoms with E-state index in [0.29, 0.717) is 11.3 Å². The molecule has 1 fully saturated rings. The maximum absolute atomic E-state index is 10.7. The Hall–Kier alpha value is -3.17. The average Bonchev–Trinajstić information content (AvgIpc) is 3.65. The Morgan fingerprint density at radius 1 is 1.02 bits per heavy atom. The van der Waals surface area contributed by atoms with E-state index < -0.39 is 0 Å². The molecule has 2 aliphatic rings. The minimum atomic E-state index is 0.0413. The fourth-order valence-electron chi connectivity index (χ4n) is 4.70. The van der Waals surface area contributed by atoms with Crippen molar-refractivity contribution in [3.05, 3.63) is 59.3 Å². The third-order valence-corrected chi connectivity index (χ3v) is 7.51. The molecule has 1 saturated heterocycles. The number of carbonyl (C=O) groups excluding carboxylic acids is 1. The Kier molecular flexibility index (Phi) is 15.2. The number of ether oxygens (including phenoxy) is 1. The van der Waals surface area contributed by atoms with E-state index in [1.54, 1.807) is 18.3 Å². The van der Waals surface area contributed by atoms with Crippen molar-refractivity contribution in [2.45, 2.75) is 106 Å². The van der Waals surface area contributed by atoms with Crippen molar-refractivity contribution >= 4 is 17.2 Å². The molecule has 6 heteroatoms. The maximum Gasteiger partial charge on any atom is 0.219 e. The summed E-state index contributed by atoms with van der Waals surface area (Å²) in [5.41, 5.74) is 5.76. The summed E-state index contributed by atoms with van der Waals surface area (Å²) < 4.78 is 5.71. The standard InChI is InChI=1S/C22H20N2OS.C7H13NO.2C3H8/c1-14(2)25-20-10-9-16(11-17(20)12-23)22-24-13-21(26-22)19-8-4-6-15-5-3-7-18(15)19;1-7(9)8-5-3-2-4-6-8;2*1-3-2/h4,6,8-11,13-14H,3,5,7H2,1-2H3;2-6H2,1H3;2*3H2,1-2H3. The largest absolute Gasteiger partial charge is 0.490 e. The van der Waals surface area contributed by atoms with Crippen molar-refractivity contribution in [3.8, 4) is 32.8 Å². The number of piperidine rings is 1. The van der Waals surface area contributed by atoms with E-state index in [0.717, 1.165) is 30.1 Å². The molecule has 1 aliphatic heterocycles. The maximum atomic E-state index is 10.7. The van der Waals surface area contributed by atoms with E-state index in [4.69, 9.17) is 4.74 Å². The molecule has 0 atom stereocenters. The molecule has 1 aliphatic carbocycles. The Labute approximate surface area is 252 Å². The second-order valence-corrected chi connectivity index (χ2v) is 11.8. The number of hydrogen-bond acceptors (Lipinski definition) is 5. The fourth-order valence-corrected chi connectivity index (χ4v) is 5.66. The van der Waals surface area contributed by atoms with Gasteiger partial charge in [0.2, 0.25) is 5.91 Å². The molecule has 5 nitrogen and oxygen atoms in total. The summed E-state index contributed by atoms with van der Waals surface area (Å²) in [6, 6.07) is 14.5. The summed E-state index contributed by atoms with van der Waals surface area (Å²) in [5.74, 6) is 0.860. The minimum absolute atomic E-state index is 0.0413. The van der Waals surface area contributed by atoms with E-state index in [1.165, 1.54) is 66.5 Å². The lowest BCUT2D eigenvalue weighted by Crippen LogP contribution is -2.33. The SMILES string of the molecule is CC(=O)N1CCCCC1.CC(C)Oc1ccc(-c2ncc(-c3cccc4c3CCC4)s2)cc1C#N.CCC.CCC. The summed E-state index contributed by atoms with van der Waals surface area (Å²) in [7, 11) is 0. The highest BCUT2D eigenvalue weighted by Crippen LogP contribution is 2.38. The van der Waals surface area contributed by atoms with Crippen LogP contribution in [0.1, 0.15) is 104 Å². The zero-order valence-corrected chi connectivity index (χ0v) is 27.1. The van der Waals surface area contributed by atoms with Crippen LogP contribution in [0.3, 0.4) is 0 Å². The van der Waals surface area contributed by atoms with Crippen LogP contribution in [0.15, 0.2) is 42.6 Å². The van der Waals surface area contributed by atoms with Crippen LogP contribution in [0.4, 0.5) is 0 Å². The van der Waals surface area contributed by atoms with Crippen LogP contribution in [-0.4, -0.2) is 35.0 Å². The first-order valence-corrected chi connectivity index (χ1v) is 16.1. The number of carbonyl (C=O) groups is 1. The minimum Gasteiger partial charge on any atom is -0.490 e. The van der Waals surface area contributed by atoms with Gasteiger partial charge in [-0.25, -0.2) is 4.98 Å². The van der Waals surface area contributed by atoms with E-state index in [2.05, 4.69) is 56.9 Å². The van der Waals surface area contributed by atoms with Gasteiger partial charge in [0.25, 0.3) is 0 Å². The van der Waals surface area contributed by atoms with Gasteiger partial charge >= 0.3 is 0 Å². The number of aromatic nitrogens is 1. The van der Waals surface area contributed by atoms with Crippen LogP contribution < -0.4 is 4.74 Å². The number of aryl methyl sites for hydroxylation is 1. The Morgan fingerprint density at radius 2 is 1.71 bits per heavy atom. The van der Waals surface area contributed by atoms with Gasteiger partial charge in [-0.3, -0.25) is 4.79 Å². The van der Waals surface area contributed by atoms with E-state index >= 15 is 0 Å². The molecule has 1 amide bonds. The molecule has 0 N–H and O–H groups in total. The molecule has 3 aromatic rings. The van der Waals surface area contributed by atoms with Crippen molar-refractivity contribution in [3.63, 3.8) is 0 Å². The van der Waals surface area contributed by atoms with Gasteiger partial charge in [0.15, 0.2) is 0 Å². The molecule has 222 valence electrons. The lowest BCUT2D eigenvalue weighted by atomic mass is 10.0. The van der Waals surface area contributed by atoms with Gasteiger partial charge < -0.3 is 9.64 Å². The number of likely N-dealkylation sites (tertiary alicyclic amines) is 1. The van der Waals surface area contributed by atoms with Gasteiger partial charge in [-0.05, 0) is 87.3 Å². The van der Waals surface area contributed by atoms with Gasteiger partial charge in [-0.15, -0.1) is 11.3 Å². The van der Waals surface area contributed by atoms with E-state index in [9.17, 15) is 10.1 Å². The lowest BCUT2D eigenvalue weighted by molar-refractivity contribution is -0.129. The molecular formula is C35H49N3O2S. The van der Waals surface area contributed by atoms with Crippen molar-refractivity contribution in [2.24, 2.45) is 0 Å². The van der Waals surface area contributed by atoms with Gasteiger partial charge in [0.1, 0.15) is 16.8 Å². The van der Waals surface area contributed by atoms with Crippen LogP contribution in [0.2, 0.25) is 0 Å². The summed E-state index contributed by atoms with van der Waals surface area (Å²) in [6.45, 7) is 16.0. The molecule has 41 heavy (non-hydrogen) atoms. The van der Waals surface area contributed by atoms with Crippen molar-refractivity contribution in [2.75, 3.05) is 13.1 Å². The van der Waals surface area contributed by atoms with Crippen LogP contribution in [-0.2, 0) is 17.6 Å². The number of nitrogens with zero attached hydrogens (tertiary/aromatic N) is 3. The average molecular weight is 576 g/mol. The molecule has 5 rings (SSSR count). The van der Waals surface area contributed by atoms with Crippen molar-refractivity contribution in [1.29, 1.82) is 5.26 Å². The normalized spacial score (nSPS) is 13.4. The van der Waals surface area contributed by atoms with Gasteiger partial charge in [-0.1, -0.05) is 58.7 Å². The highest BCUT2D eigenvalue weighted by Gasteiger charge is 2.18. The van der Waals surface area contributed by atoms with Crippen molar-refractivity contribution in [1.82, 2.24) is 9.88 Å². The third kappa shape index (κ3) is 10.6. The fraction of sp³-hybridized carbons (Fsp3) is 0.514. The number of benzene rings is 2. The Morgan fingerprint density at radius 3 is 2.29 bits per heavy atom. The first-order chi connectivity index (χ1) is 19.8. The number of fused-ring (bicyclic) bond motifs is 1. The van der Waals surface area contributed by atoms with Gasteiger partial charge in [0.05, 0.1) is 16.5 Å². The first-order valence-electron chi connectivity index (χ1n) is 15.3. The number of hydrogen-bond donors (Lipinski definition) is 0. The first kappa shape index (κ1) is 34.0. The molecule has 2 heterocycles. The van der Waals surface area contributed by atoms with Crippen LogP contribution in [0.25, 0.3) is 21.0 Å². The van der Waals surface area contributed by atoms with Crippen LogP contribution >= 0.6 is 11.3 Å². The molecule has 2 aromatic carbocycles. The molecular weight excluding hydrogens is 526 g/mol. The molecule has 0 spiro atoms. The van der Waals surface area contributed by atoms with Crippen LogP contribution in [0.5, 0.6) is 5.75 Å². The smallest absolute Gasteiger partial charge is 0.219 e. The number of rotatable bonds is 4. The summed E-state index contributed by atoms with van der Waals surface area (Å²) in [6.07, 6.45) is 11.7. The Bertz CT molecular complexity index is 1250. The number of nitriles is 1. The molecule has 0 bridgehead atoms. The summed E-state index contributed by atoms with van der Waals surface area (Å²) in [4.78, 5) is 18.5. The van der Waals surface area contributed by atoms with Crippen LogP contribution in [0, 0.1) is 11.3 Å². The molecule has 0 radical (unpaired) electrons. The van der Waals surface area contributed by atoms with E-state index in [-0.39, 0.29) is 12.0 Å². The monoisotopic (exact) mass is 575 g/mol. The highest BCUT2D eigenvalue weighted by molar-refractivity contribution is 7.18. The number of thiazole rings is 1. The molecule has 0 unspecified atom stereocenters. The second kappa shape index (κ2) is 18.3. The molecule has 0 saturated carbocycles.